The Kier molecular flexibility index (Phi) is 4.44. The molecule has 1 aliphatic heterocycles. The van der Waals surface area contributed by atoms with E-state index < -0.39 is 16.7 Å². The zero-order chi connectivity index (χ0) is 18.8. The van der Waals surface area contributed by atoms with Crippen LogP contribution in [0.4, 0.5) is 17.1 Å². The van der Waals surface area contributed by atoms with Crippen LogP contribution in [0, 0.1) is 17.0 Å². The number of non-ortho nitro benzene ring substituents is 1. The number of rotatable bonds is 4. The highest BCUT2D eigenvalue weighted by atomic mass is 16.6. The number of amides is 2. The number of hydrogen-bond acceptors (Lipinski definition) is 6. The minimum Gasteiger partial charge on any atom is -0.506 e. The van der Waals surface area contributed by atoms with Crippen LogP contribution in [0.2, 0.25) is 0 Å². The average molecular weight is 357 g/mol. The number of aryl methyl sites for hydroxylation is 1. The molecular weight excluding hydrogens is 342 g/mol. The molecule has 1 aliphatic rings. The molecule has 0 aromatic heterocycles. The highest BCUT2D eigenvalue weighted by molar-refractivity contribution is 6.05. The van der Waals surface area contributed by atoms with Crippen molar-refractivity contribution in [2.75, 3.05) is 23.4 Å². The van der Waals surface area contributed by atoms with Crippen molar-refractivity contribution >= 4 is 28.9 Å². The Balaban J connectivity index is 1.83. The van der Waals surface area contributed by atoms with Crippen molar-refractivity contribution in [3.63, 3.8) is 0 Å². The molecule has 9 nitrogen and oxygen atoms in total. The third-order valence-corrected chi connectivity index (χ3v) is 3.83. The van der Waals surface area contributed by atoms with Crippen LogP contribution in [-0.4, -0.2) is 35.0 Å². The van der Waals surface area contributed by atoms with Crippen molar-refractivity contribution in [2.45, 2.75) is 6.92 Å². The van der Waals surface area contributed by atoms with Crippen molar-refractivity contribution in [3.8, 4) is 11.5 Å². The zero-order valence-corrected chi connectivity index (χ0v) is 13.8. The minimum absolute atomic E-state index is 0.0947. The first kappa shape index (κ1) is 17.2. The van der Waals surface area contributed by atoms with Crippen LogP contribution in [0.5, 0.6) is 11.5 Å². The van der Waals surface area contributed by atoms with E-state index in [1.165, 1.54) is 24.3 Å². The minimum atomic E-state index is -0.595. The maximum Gasteiger partial charge on any atom is 0.271 e. The fourth-order valence-corrected chi connectivity index (χ4v) is 2.56. The molecule has 0 saturated heterocycles. The number of aromatic hydroxyl groups is 1. The fraction of sp³-hybridized carbons (Fsp3) is 0.176. The maximum absolute atomic E-state index is 12.3. The first-order valence-corrected chi connectivity index (χ1v) is 7.66. The number of benzene rings is 2. The molecule has 134 valence electrons. The van der Waals surface area contributed by atoms with Crippen molar-refractivity contribution in [1.29, 1.82) is 0 Å². The van der Waals surface area contributed by atoms with Crippen molar-refractivity contribution in [2.24, 2.45) is 0 Å². The smallest absolute Gasteiger partial charge is 0.271 e. The summed E-state index contributed by atoms with van der Waals surface area (Å²) in [6.45, 7) is 1.15. The molecule has 0 fully saturated rings. The molecule has 0 radical (unpaired) electrons. The second kappa shape index (κ2) is 6.71. The van der Waals surface area contributed by atoms with Gasteiger partial charge in [-0.3, -0.25) is 24.6 Å². The standard InChI is InChI=1S/C17H15N3O6/c1-10-2-4-12(14(21)6-10)18-16(22)8-19-13-7-11(20(24)25)3-5-15(13)26-9-17(19)23/h2-7,21H,8-9H2,1H3,(H,18,22). The lowest BCUT2D eigenvalue weighted by Crippen LogP contribution is -2.43. The largest absolute Gasteiger partial charge is 0.506 e. The van der Waals surface area contributed by atoms with E-state index in [-0.39, 0.29) is 41.7 Å². The van der Waals surface area contributed by atoms with Gasteiger partial charge in [-0.15, -0.1) is 0 Å². The van der Waals surface area contributed by atoms with E-state index in [1.807, 2.05) is 0 Å². The molecule has 0 atom stereocenters. The van der Waals surface area contributed by atoms with E-state index in [0.29, 0.717) is 0 Å². The van der Waals surface area contributed by atoms with Crippen molar-refractivity contribution in [1.82, 2.24) is 0 Å². The first-order chi connectivity index (χ1) is 12.3. The number of phenols is 1. The lowest BCUT2D eigenvalue weighted by atomic mass is 10.2. The van der Waals surface area contributed by atoms with Gasteiger partial charge in [-0.25, -0.2) is 0 Å². The molecule has 0 bridgehead atoms. The molecule has 2 N–H and O–H groups in total. The van der Waals surface area contributed by atoms with E-state index in [0.717, 1.165) is 10.5 Å². The second-order valence-electron chi connectivity index (χ2n) is 5.75. The molecule has 2 aromatic rings. The fourth-order valence-electron chi connectivity index (χ4n) is 2.56. The summed E-state index contributed by atoms with van der Waals surface area (Å²) >= 11 is 0. The van der Waals surface area contributed by atoms with E-state index in [9.17, 15) is 24.8 Å². The number of carbonyl (C=O) groups is 2. The van der Waals surface area contributed by atoms with Gasteiger partial charge in [-0.05, 0) is 30.7 Å². The molecule has 3 rings (SSSR count). The summed E-state index contributed by atoms with van der Waals surface area (Å²) in [6, 6.07) is 8.58. The summed E-state index contributed by atoms with van der Waals surface area (Å²) in [5, 5.41) is 23.3. The van der Waals surface area contributed by atoms with E-state index in [2.05, 4.69) is 5.32 Å². The number of nitro benzene ring substituents is 1. The Morgan fingerprint density at radius 3 is 2.81 bits per heavy atom. The summed E-state index contributed by atoms with van der Waals surface area (Å²) in [5.74, 6) is -0.873. The third-order valence-electron chi connectivity index (χ3n) is 3.83. The summed E-state index contributed by atoms with van der Waals surface area (Å²) in [4.78, 5) is 35.9. The predicted molar refractivity (Wildman–Crippen MR) is 92.4 cm³/mol. The zero-order valence-electron chi connectivity index (χ0n) is 13.8. The van der Waals surface area contributed by atoms with Gasteiger partial charge in [-0.1, -0.05) is 6.07 Å². The van der Waals surface area contributed by atoms with E-state index >= 15 is 0 Å². The molecule has 0 saturated carbocycles. The number of ether oxygens (including phenoxy) is 1. The van der Waals surface area contributed by atoms with Crippen LogP contribution in [0.3, 0.4) is 0 Å². The first-order valence-electron chi connectivity index (χ1n) is 7.66. The monoisotopic (exact) mass is 357 g/mol. The topological polar surface area (TPSA) is 122 Å². The summed E-state index contributed by atoms with van der Waals surface area (Å²) < 4.78 is 5.25. The number of anilines is 2. The van der Waals surface area contributed by atoms with Crippen LogP contribution >= 0.6 is 0 Å². The van der Waals surface area contributed by atoms with E-state index in [4.69, 9.17) is 4.74 Å². The molecule has 0 unspecified atom stereocenters. The van der Waals surface area contributed by atoms with Crippen LogP contribution in [0.1, 0.15) is 5.56 Å². The summed E-state index contributed by atoms with van der Waals surface area (Å²) in [7, 11) is 0. The van der Waals surface area contributed by atoms with Gasteiger partial charge in [-0.2, -0.15) is 0 Å². The highest BCUT2D eigenvalue weighted by Crippen LogP contribution is 2.35. The summed E-state index contributed by atoms with van der Waals surface area (Å²) in [5.41, 5.74) is 0.966. The molecule has 2 aromatic carbocycles. The van der Waals surface area contributed by atoms with Crippen molar-refractivity contribution in [3.05, 3.63) is 52.1 Å². The lowest BCUT2D eigenvalue weighted by Gasteiger charge is -2.28. The van der Waals surface area contributed by atoms with Gasteiger partial charge in [0.25, 0.3) is 11.6 Å². The molecule has 26 heavy (non-hydrogen) atoms. The van der Waals surface area contributed by atoms with Crippen LogP contribution in [0.25, 0.3) is 0 Å². The van der Waals surface area contributed by atoms with Crippen LogP contribution < -0.4 is 15.0 Å². The van der Waals surface area contributed by atoms with Gasteiger partial charge in [0.15, 0.2) is 6.61 Å². The molecular formula is C17H15N3O6. The van der Waals surface area contributed by atoms with Crippen LogP contribution in [0.15, 0.2) is 36.4 Å². The number of nitrogens with one attached hydrogen (secondary N) is 1. The third kappa shape index (κ3) is 3.41. The molecule has 0 spiro atoms. The SMILES string of the molecule is Cc1ccc(NC(=O)CN2C(=O)COc3ccc([N+](=O)[O-])cc32)c(O)c1. The quantitative estimate of drug-likeness (QED) is 0.490. The number of nitrogens with zero attached hydrogens (tertiary/aromatic N) is 2. The second-order valence-corrected chi connectivity index (χ2v) is 5.75. The number of phenolic OH excluding ortho intramolecular Hbond substituents is 1. The normalized spacial score (nSPS) is 13.0. The summed E-state index contributed by atoms with van der Waals surface area (Å²) in [6.07, 6.45) is 0. The lowest BCUT2D eigenvalue weighted by molar-refractivity contribution is -0.384. The highest BCUT2D eigenvalue weighted by Gasteiger charge is 2.29. The Morgan fingerprint density at radius 2 is 2.12 bits per heavy atom. The molecule has 9 heteroatoms. The Morgan fingerprint density at radius 1 is 1.35 bits per heavy atom. The predicted octanol–water partition coefficient (Wildman–Crippen LogP) is 1.97. The van der Waals surface area contributed by atoms with Gasteiger partial charge in [0.05, 0.1) is 16.3 Å². The number of carbonyl (C=O) groups excluding carboxylic acids is 2. The Hall–Kier alpha value is -3.62. The average Bonchev–Trinajstić information content (AvgIpc) is 2.59. The number of hydrogen-bond donors (Lipinski definition) is 2. The van der Waals surface area contributed by atoms with Crippen LogP contribution in [-0.2, 0) is 9.59 Å². The molecule has 0 aliphatic carbocycles. The van der Waals surface area contributed by atoms with Crippen molar-refractivity contribution < 1.29 is 24.4 Å². The van der Waals surface area contributed by atoms with Gasteiger partial charge in [0.1, 0.15) is 18.0 Å². The van der Waals surface area contributed by atoms with Gasteiger partial charge in [0.2, 0.25) is 5.91 Å². The van der Waals surface area contributed by atoms with Gasteiger partial charge < -0.3 is 15.2 Å². The Labute approximate surface area is 148 Å². The number of fused-ring (bicyclic) bond motifs is 1. The van der Waals surface area contributed by atoms with Gasteiger partial charge in [0, 0.05) is 12.1 Å². The maximum atomic E-state index is 12.3. The Bertz CT molecular complexity index is 911. The van der Waals surface area contributed by atoms with E-state index in [1.54, 1.807) is 19.1 Å². The molecule has 2 amide bonds. The van der Waals surface area contributed by atoms with Gasteiger partial charge >= 0.3 is 0 Å². The molecule has 1 heterocycles. The number of nitro groups is 1.